The maximum Gasteiger partial charge on any atom is 0.472 e. The van der Waals surface area contributed by atoms with Crippen LogP contribution in [0, 0.1) is 0 Å². The largest absolute Gasteiger partial charge is 0.472 e. The minimum atomic E-state index is -4.38. The predicted molar refractivity (Wildman–Crippen MR) is 281 cm³/mol. The van der Waals surface area contributed by atoms with Gasteiger partial charge in [0.15, 0.2) is 0 Å². The Morgan fingerprint density at radius 1 is 0.538 bits per heavy atom. The summed E-state index contributed by atoms with van der Waals surface area (Å²) < 4.78 is 23.6. The molecule has 65 heavy (non-hydrogen) atoms. The number of hydrogen-bond acceptors (Lipinski definition) is 5. The monoisotopic (exact) mass is 928 g/mol. The quantitative estimate of drug-likeness (QED) is 0.0243. The number of nitrogens with one attached hydrogen (secondary N) is 1. The number of aliphatic hydroxyl groups excluding tert-OH is 1. The predicted octanol–water partition coefficient (Wildman–Crippen LogP) is 15.5. The molecule has 0 spiro atoms. The van der Waals surface area contributed by atoms with Gasteiger partial charge >= 0.3 is 7.82 Å². The Morgan fingerprint density at radius 3 is 1.42 bits per heavy atom. The lowest BCUT2D eigenvalue weighted by molar-refractivity contribution is -0.870. The van der Waals surface area contributed by atoms with Crippen molar-refractivity contribution in [3.8, 4) is 0 Å². The molecule has 0 saturated carbocycles. The minimum absolute atomic E-state index is 0.0377. The lowest BCUT2D eigenvalue weighted by Crippen LogP contribution is -2.45. The van der Waals surface area contributed by atoms with Crippen molar-refractivity contribution in [2.75, 3.05) is 40.9 Å². The first-order chi connectivity index (χ1) is 31.5. The van der Waals surface area contributed by atoms with Crippen LogP contribution in [-0.4, -0.2) is 73.4 Å². The summed E-state index contributed by atoms with van der Waals surface area (Å²) in [6, 6.07) is -0.906. The summed E-state index contributed by atoms with van der Waals surface area (Å²) in [5.41, 5.74) is 0. The van der Waals surface area contributed by atoms with Crippen molar-refractivity contribution in [1.29, 1.82) is 0 Å². The average molecular weight is 928 g/mol. The second-order valence-corrected chi connectivity index (χ2v) is 19.9. The van der Waals surface area contributed by atoms with Crippen LogP contribution in [0.15, 0.2) is 97.2 Å². The number of phosphoric ester groups is 1. The van der Waals surface area contributed by atoms with Crippen LogP contribution in [0.5, 0.6) is 0 Å². The molecular formula is C56H100N2O6P+. The highest BCUT2D eigenvalue weighted by atomic mass is 31.2. The Kier molecular flexibility index (Phi) is 44.7. The number of likely N-dealkylation sites (N-methyl/N-ethyl adjacent to an activating group) is 1. The fourth-order valence-electron chi connectivity index (χ4n) is 6.93. The van der Waals surface area contributed by atoms with E-state index in [1.54, 1.807) is 6.08 Å². The van der Waals surface area contributed by atoms with E-state index in [2.05, 4.69) is 104 Å². The molecule has 1 amide bonds. The summed E-state index contributed by atoms with van der Waals surface area (Å²) >= 11 is 0. The molecule has 0 radical (unpaired) electrons. The van der Waals surface area contributed by atoms with Crippen molar-refractivity contribution >= 4 is 13.7 Å². The van der Waals surface area contributed by atoms with E-state index in [1.165, 1.54) is 109 Å². The van der Waals surface area contributed by atoms with E-state index in [4.69, 9.17) is 9.05 Å². The number of carbonyl (C=O) groups is 1. The zero-order chi connectivity index (χ0) is 47.8. The second kappa shape index (κ2) is 46.5. The van der Waals surface area contributed by atoms with Crippen molar-refractivity contribution < 1.29 is 32.9 Å². The summed E-state index contributed by atoms with van der Waals surface area (Å²) in [7, 11) is 1.50. The van der Waals surface area contributed by atoms with Gasteiger partial charge in [0, 0.05) is 6.42 Å². The Bertz CT molecular complexity index is 1370. The molecule has 0 heterocycles. The van der Waals surface area contributed by atoms with E-state index in [0.717, 1.165) is 64.2 Å². The molecule has 3 unspecified atom stereocenters. The van der Waals surface area contributed by atoms with Crippen LogP contribution in [0.1, 0.15) is 200 Å². The molecule has 0 aliphatic rings. The maximum absolute atomic E-state index is 12.9. The summed E-state index contributed by atoms with van der Waals surface area (Å²) in [6.07, 6.45) is 66.6. The normalized spacial score (nSPS) is 14.9. The zero-order valence-electron chi connectivity index (χ0n) is 42.4. The van der Waals surface area contributed by atoms with E-state index in [-0.39, 0.29) is 25.5 Å². The molecule has 0 saturated heterocycles. The standard InChI is InChI=1S/C56H99N2O6P/c1-6-8-10-12-14-16-18-20-22-24-25-26-27-28-29-30-31-32-34-35-37-39-41-43-45-47-49-55(59)54(53-64-65(61,62)63-52-51-58(3,4)5)57-56(60)50-48-46-44-42-40-38-36-33-23-21-19-17-15-13-11-9-7-2/h9,11,15,17,21,23,32,34,36,38-39,41-42,44,47,49,54-55,59H,6-8,10,12-14,16,18-20,22,24-31,33,35,37,40,43,45-46,48,50-53H2,1-5H3,(H-,57,60,61,62)/p+1/b11-9-,17-15-,23-21-,34-32+,38-36-,41-39+,44-42-,49-47+. The number of hydrogen-bond donors (Lipinski definition) is 3. The van der Waals surface area contributed by atoms with Gasteiger partial charge in [0.25, 0.3) is 0 Å². The van der Waals surface area contributed by atoms with E-state index in [0.29, 0.717) is 17.4 Å². The number of nitrogens with zero attached hydrogens (tertiary/aromatic N) is 1. The Balaban J connectivity index is 4.44. The summed E-state index contributed by atoms with van der Waals surface area (Å²) in [5, 5.41) is 13.8. The molecular weight excluding hydrogens is 828 g/mol. The van der Waals surface area contributed by atoms with Gasteiger partial charge in [0.1, 0.15) is 13.2 Å². The molecule has 0 aromatic carbocycles. The van der Waals surface area contributed by atoms with Gasteiger partial charge in [-0.1, -0.05) is 207 Å². The van der Waals surface area contributed by atoms with Gasteiger partial charge in [-0.2, -0.15) is 0 Å². The molecule has 0 aromatic rings. The van der Waals surface area contributed by atoms with E-state index >= 15 is 0 Å². The molecule has 3 N–H and O–H groups in total. The van der Waals surface area contributed by atoms with Crippen molar-refractivity contribution in [2.24, 2.45) is 0 Å². The molecule has 9 heteroatoms. The van der Waals surface area contributed by atoms with Crippen molar-refractivity contribution in [3.05, 3.63) is 97.2 Å². The van der Waals surface area contributed by atoms with Crippen LogP contribution < -0.4 is 5.32 Å². The topological polar surface area (TPSA) is 105 Å². The van der Waals surface area contributed by atoms with Crippen LogP contribution >= 0.6 is 7.82 Å². The number of aliphatic hydroxyl groups is 1. The highest BCUT2D eigenvalue weighted by Crippen LogP contribution is 2.43. The minimum Gasteiger partial charge on any atom is -0.387 e. The van der Waals surface area contributed by atoms with Gasteiger partial charge in [-0.05, 0) is 83.5 Å². The fourth-order valence-corrected chi connectivity index (χ4v) is 7.67. The van der Waals surface area contributed by atoms with E-state index in [9.17, 15) is 19.4 Å². The molecule has 0 aromatic heterocycles. The van der Waals surface area contributed by atoms with Gasteiger partial charge in [0.05, 0.1) is 39.9 Å². The van der Waals surface area contributed by atoms with Crippen molar-refractivity contribution in [3.63, 3.8) is 0 Å². The van der Waals surface area contributed by atoms with Crippen molar-refractivity contribution in [1.82, 2.24) is 5.32 Å². The van der Waals surface area contributed by atoms with Gasteiger partial charge < -0.3 is 19.8 Å². The second-order valence-electron chi connectivity index (χ2n) is 18.5. The molecule has 3 atom stereocenters. The highest BCUT2D eigenvalue weighted by Gasteiger charge is 2.27. The number of rotatable bonds is 46. The zero-order valence-corrected chi connectivity index (χ0v) is 43.3. The van der Waals surface area contributed by atoms with Gasteiger partial charge in [-0.15, -0.1) is 0 Å². The van der Waals surface area contributed by atoms with Crippen LogP contribution in [0.25, 0.3) is 0 Å². The fraction of sp³-hybridized carbons (Fsp3) is 0.696. The summed E-state index contributed by atoms with van der Waals surface area (Å²) in [5.74, 6) is -0.251. The van der Waals surface area contributed by atoms with Crippen LogP contribution in [0.4, 0.5) is 0 Å². The first-order valence-corrected chi connectivity index (χ1v) is 27.6. The van der Waals surface area contributed by atoms with Gasteiger partial charge in [0.2, 0.25) is 5.91 Å². The van der Waals surface area contributed by atoms with Gasteiger partial charge in [-0.25, -0.2) is 4.57 Å². The summed E-state index contributed by atoms with van der Waals surface area (Å²) in [4.78, 5) is 23.2. The molecule has 374 valence electrons. The molecule has 8 nitrogen and oxygen atoms in total. The third kappa shape index (κ3) is 49.2. The number of phosphoric acid groups is 1. The number of carbonyl (C=O) groups excluding carboxylic acids is 1. The lowest BCUT2D eigenvalue weighted by Gasteiger charge is -2.25. The third-order valence-electron chi connectivity index (χ3n) is 11.0. The number of allylic oxidation sites excluding steroid dienone is 15. The molecule has 0 aliphatic heterocycles. The first kappa shape index (κ1) is 62.4. The Labute approximate surface area is 400 Å². The summed E-state index contributed by atoms with van der Waals surface area (Å²) in [6.45, 7) is 4.62. The van der Waals surface area contributed by atoms with Gasteiger partial charge in [-0.3, -0.25) is 13.8 Å². The number of quaternary nitrogens is 1. The van der Waals surface area contributed by atoms with Crippen LogP contribution in [0.2, 0.25) is 0 Å². The smallest absolute Gasteiger partial charge is 0.387 e. The van der Waals surface area contributed by atoms with Crippen LogP contribution in [0.3, 0.4) is 0 Å². The Morgan fingerprint density at radius 2 is 0.938 bits per heavy atom. The third-order valence-corrected chi connectivity index (χ3v) is 12.0. The average Bonchev–Trinajstić information content (AvgIpc) is 3.26. The van der Waals surface area contributed by atoms with Crippen molar-refractivity contribution in [2.45, 2.75) is 212 Å². The molecule has 0 fully saturated rings. The van der Waals surface area contributed by atoms with E-state index in [1.807, 2.05) is 27.2 Å². The first-order valence-electron chi connectivity index (χ1n) is 26.1. The molecule has 0 bridgehead atoms. The Hall–Kier alpha value is -2.58. The highest BCUT2D eigenvalue weighted by molar-refractivity contribution is 7.47. The SMILES string of the molecule is CC/C=C\C/C=C\C/C=C\C/C=C\C/C=C\CCCC(=O)NC(COP(=O)(O)OCC[N+](C)(C)C)C(O)/C=C/CC/C=C/CC/C=C/CCCCCCCCCCCCCCCCCC. The maximum atomic E-state index is 12.9. The van der Waals surface area contributed by atoms with Crippen LogP contribution in [-0.2, 0) is 18.4 Å². The molecule has 0 rings (SSSR count). The number of unbranched alkanes of at least 4 members (excludes halogenated alkanes) is 19. The van der Waals surface area contributed by atoms with E-state index < -0.39 is 20.0 Å². The lowest BCUT2D eigenvalue weighted by atomic mass is 10.0. The number of amides is 1. The molecule has 0 aliphatic carbocycles.